The molecular formula is C25H22N2O4. The van der Waals surface area contributed by atoms with Crippen LogP contribution in [0.5, 0.6) is 5.75 Å². The van der Waals surface area contributed by atoms with Crippen LogP contribution < -0.4 is 15.6 Å². The Kier molecular flexibility index (Phi) is 5.54. The minimum atomic E-state index is -0.310. The Morgan fingerprint density at radius 1 is 1.06 bits per heavy atom. The highest BCUT2D eigenvalue weighted by Gasteiger charge is 2.15. The molecule has 0 aliphatic rings. The number of para-hydroxylation sites is 1. The van der Waals surface area contributed by atoms with Crippen LogP contribution in [0.1, 0.15) is 22.3 Å². The average molecular weight is 414 g/mol. The maximum absolute atomic E-state index is 13.0. The van der Waals surface area contributed by atoms with E-state index in [2.05, 4.69) is 10.5 Å². The van der Waals surface area contributed by atoms with E-state index in [9.17, 15) is 9.59 Å². The smallest absolute Gasteiger partial charge is 0.244 e. The molecule has 0 saturated carbocycles. The summed E-state index contributed by atoms with van der Waals surface area (Å²) in [4.78, 5) is 25.4. The predicted molar refractivity (Wildman–Crippen MR) is 122 cm³/mol. The number of hydrazone groups is 1. The molecule has 0 radical (unpaired) electrons. The van der Waals surface area contributed by atoms with Crippen LogP contribution in [-0.4, -0.2) is 19.2 Å². The largest absolute Gasteiger partial charge is 0.497 e. The van der Waals surface area contributed by atoms with Gasteiger partial charge in [0.1, 0.15) is 16.9 Å². The van der Waals surface area contributed by atoms with Crippen molar-refractivity contribution in [2.75, 3.05) is 7.11 Å². The highest BCUT2D eigenvalue weighted by molar-refractivity contribution is 5.94. The van der Waals surface area contributed by atoms with E-state index >= 15 is 0 Å². The Balaban J connectivity index is 1.62. The Labute approximate surface area is 179 Å². The molecule has 6 heteroatoms. The van der Waals surface area contributed by atoms with Gasteiger partial charge in [0.2, 0.25) is 11.3 Å². The molecule has 0 fully saturated rings. The number of ether oxygens (including phenoxy) is 1. The van der Waals surface area contributed by atoms with Crippen molar-refractivity contribution in [1.29, 1.82) is 0 Å². The normalized spacial score (nSPS) is 11.3. The van der Waals surface area contributed by atoms with Crippen molar-refractivity contribution in [2.24, 2.45) is 5.10 Å². The van der Waals surface area contributed by atoms with Gasteiger partial charge in [0, 0.05) is 5.56 Å². The molecule has 0 aliphatic heterocycles. The summed E-state index contributed by atoms with van der Waals surface area (Å²) in [5.74, 6) is 0.397. The Morgan fingerprint density at radius 3 is 2.65 bits per heavy atom. The van der Waals surface area contributed by atoms with Gasteiger partial charge in [-0.05, 0) is 54.8 Å². The molecule has 1 aromatic heterocycles. The van der Waals surface area contributed by atoms with Crippen LogP contribution in [0.4, 0.5) is 0 Å². The van der Waals surface area contributed by atoms with Crippen molar-refractivity contribution >= 4 is 34.1 Å². The molecule has 0 atom stereocenters. The summed E-state index contributed by atoms with van der Waals surface area (Å²) in [5.41, 5.74) is 6.80. The molecular weight excluding hydrogens is 392 g/mol. The summed E-state index contributed by atoms with van der Waals surface area (Å²) < 4.78 is 11.3. The fourth-order valence-electron chi connectivity index (χ4n) is 3.48. The van der Waals surface area contributed by atoms with E-state index < -0.39 is 0 Å². The molecule has 0 spiro atoms. The van der Waals surface area contributed by atoms with Crippen molar-refractivity contribution < 1.29 is 13.9 Å². The third kappa shape index (κ3) is 4.05. The lowest BCUT2D eigenvalue weighted by Crippen LogP contribution is -2.20. The molecule has 1 amide bonds. The Morgan fingerprint density at radius 2 is 1.84 bits per heavy atom. The molecule has 1 heterocycles. The van der Waals surface area contributed by atoms with E-state index in [0.29, 0.717) is 33.3 Å². The summed E-state index contributed by atoms with van der Waals surface area (Å²) in [6.07, 6.45) is 1.58. The maximum atomic E-state index is 13.0. The minimum Gasteiger partial charge on any atom is -0.497 e. The molecule has 0 bridgehead atoms. The monoisotopic (exact) mass is 414 g/mol. The van der Waals surface area contributed by atoms with Crippen molar-refractivity contribution in [2.45, 2.75) is 20.3 Å². The van der Waals surface area contributed by atoms with Gasteiger partial charge in [-0.25, -0.2) is 5.43 Å². The van der Waals surface area contributed by atoms with E-state index in [4.69, 9.17) is 9.15 Å². The summed E-state index contributed by atoms with van der Waals surface area (Å²) in [5, 5.41) is 5.01. The van der Waals surface area contributed by atoms with Crippen LogP contribution >= 0.6 is 0 Å². The van der Waals surface area contributed by atoms with Crippen molar-refractivity contribution in [3.63, 3.8) is 0 Å². The fourth-order valence-corrected chi connectivity index (χ4v) is 3.48. The maximum Gasteiger partial charge on any atom is 0.244 e. The van der Waals surface area contributed by atoms with Gasteiger partial charge in [-0.3, -0.25) is 9.59 Å². The highest BCUT2D eigenvalue weighted by Crippen LogP contribution is 2.26. The second-order valence-electron chi connectivity index (χ2n) is 7.36. The van der Waals surface area contributed by atoms with E-state index in [1.807, 2.05) is 44.2 Å². The molecule has 156 valence electrons. The molecule has 0 saturated heterocycles. The quantitative estimate of drug-likeness (QED) is 0.301. The zero-order valence-electron chi connectivity index (χ0n) is 17.6. The number of aryl methyl sites for hydroxylation is 2. The lowest BCUT2D eigenvalue weighted by atomic mass is 10.0. The van der Waals surface area contributed by atoms with Gasteiger partial charge < -0.3 is 9.15 Å². The Bertz CT molecular complexity index is 1390. The molecule has 0 unspecified atom stereocenters. The number of methoxy groups -OCH3 is 1. The van der Waals surface area contributed by atoms with E-state index in [1.54, 1.807) is 37.6 Å². The number of nitrogens with zero attached hydrogens (tertiary/aromatic N) is 1. The van der Waals surface area contributed by atoms with Gasteiger partial charge >= 0.3 is 0 Å². The number of fused-ring (bicyclic) bond motifs is 2. The van der Waals surface area contributed by atoms with E-state index in [0.717, 1.165) is 16.7 Å². The molecule has 4 rings (SSSR count). The lowest BCUT2D eigenvalue weighted by molar-refractivity contribution is -0.120. The zero-order chi connectivity index (χ0) is 22.0. The third-order valence-electron chi connectivity index (χ3n) is 5.31. The number of amides is 1. The number of hydrogen-bond donors (Lipinski definition) is 1. The Hall–Kier alpha value is -3.93. The van der Waals surface area contributed by atoms with Crippen molar-refractivity contribution in [3.8, 4) is 5.75 Å². The summed E-state index contributed by atoms with van der Waals surface area (Å²) >= 11 is 0. The van der Waals surface area contributed by atoms with Gasteiger partial charge in [0.25, 0.3) is 0 Å². The lowest BCUT2D eigenvalue weighted by Gasteiger charge is -2.09. The summed E-state index contributed by atoms with van der Waals surface area (Å²) in [7, 11) is 1.59. The number of hydrogen-bond acceptors (Lipinski definition) is 5. The number of benzene rings is 3. The predicted octanol–water partition coefficient (Wildman–Crippen LogP) is 4.26. The van der Waals surface area contributed by atoms with Gasteiger partial charge in [-0.15, -0.1) is 0 Å². The third-order valence-corrected chi connectivity index (χ3v) is 5.31. The van der Waals surface area contributed by atoms with Crippen molar-refractivity contribution in [1.82, 2.24) is 5.43 Å². The number of carbonyl (C=O) groups excluding carboxylic acids is 1. The first kappa shape index (κ1) is 20.3. The fraction of sp³-hybridized carbons (Fsp3) is 0.160. The van der Waals surface area contributed by atoms with Gasteiger partial charge in [0.15, 0.2) is 0 Å². The number of carbonyl (C=O) groups is 1. The SMILES string of the molecule is COc1cccc(/C=N/NC(=O)Cc2cccc3c(=O)c4ccc(C)c(C)c4oc23)c1. The van der Waals surface area contributed by atoms with Crippen LogP contribution in [-0.2, 0) is 11.2 Å². The van der Waals surface area contributed by atoms with E-state index in [-0.39, 0.29) is 17.8 Å². The topological polar surface area (TPSA) is 80.9 Å². The van der Waals surface area contributed by atoms with Crippen LogP contribution in [0.2, 0.25) is 0 Å². The van der Waals surface area contributed by atoms with E-state index in [1.165, 1.54) is 0 Å². The second-order valence-corrected chi connectivity index (χ2v) is 7.36. The van der Waals surface area contributed by atoms with Gasteiger partial charge in [0.05, 0.1) is 30.5 Å². The molecule has 31 heavy (non-hydrogen) atoms. The second kappa shape index (κ2) is 8.44. The van der Waals surface area contributed by atoms with Crippen LogP contribution in [0.15, 0.2) is 68.9 Å². The number of rotatable bonds is 5. The van der Waals surface area contributed by atoms with Crippen LogP contribution in [0.25, 0.3) is 21.9 Å². The summed E-state index contributed by atoms with van der Waals surface area (Å²) in [6.45, 7) is 3.90. The first-order valence-electron chi connectivity index (χ1n) is 9.88. The zero-order valence-corrected chi connectivity index (χ0v) is 17.6. The number of nitrogens with one attached hydrogen (secondary N) is 1. The summed E-state index contributed by atoms with van der Waals surface area (Å²) in [6, 6.07) is 16.3. The highest BCUT2D eigenvalue weighted by atomic mass is 16.5. The standard InChI is InChI=1S/C25H22N2O4/c1-15-10-11-21-23(29)20-9-5-7-18(25(20)31-24(21)16(15)2)13-22(28)27-26-14-17-6-4-8-19(12-17)30-3/h4-12,14H,13H2,1-3H3,(H,27,28)/b26-14+. The van der Waals surface area contributed by atoms with Crippen molar-refractivity contribution in [3.05, 3.63) is 87.1 Å². The van der Waals surface area contributed by atoms with Gasteiger partial charge in [-0.1, -0.05) is 30.3 Å². The van der Waals surface area contributed by atoms with Crippen LogP contribution in [0.3, 0.4) is 0 Å². The molecule has 1 N–H and O–H groups in total. The molecule has 4 aromatic rings. The van der Waals surface area contributed by atoms with Gasteiger partial charge in [-0.2, -0.15) is 5.10 Å². The molecule has 3 aromatic carbocycles. The molecule has 6 nitrogen and oxygen atoms in total. The average Bonchev–Trinajstić information content (AvgIpc) is 2.77. The first-order chi connectivity index (χ1) is 15.0. The molecule has 0 aliphatic carbocycles. The van der Waals surface area contributed by atoms with Crippen LogP contribution in [0, 0.1) is 13.8 Å². The first-order valence-corrected chi connectivity index (χ1v) is 9.88. The minimum absolute atomic E-state index is 0.0338.